The number of fused-ring (bicyclic) bond motifs is 3. The minimum atomic E-state index is -0.611. The summed E-state index contributed by atoms with van der Waals surface area (Å²) in [5.74, 6) is -1.53. The van der Waals surface area contributed by atoms with Gasteiger partial charge in [-0.15, -0.1) is 0 Å². The maximum Gasteiger partial charge on any atom is 0.310 e. The number of nitrogens with one attached hydrogen (secondary N) is 1. The topological polar surface area (TPSA) is 81.7 Å². The zero-order valence-corrected chi connectivity index (χ0v) is 17.3. The van der Waals surface area contributed by atoms with E-state index in [1.54, 1.807) is 20.8 Å². The summed E-state index contributed by atoms with van der Waals surface area (Å²) in [5.41, 5.74) is 1.44. The molecule has 0 bridgehead atoms. The van der Waals surface area contributed by atoms with E-state index in [0.29, 0.717) is 25.7 Å². The molecule has 156 valence electrons. The Balaban J connectivity index is 1.79. The van der Waals surface area contributed by atoms with Gasteiger partial charge in [-0.25, -0.2) is 0 Å². The van der Waals surface area contributed by atoms with Crippen LogP contribution in [0.1, 0.15) is 63.6 Å². The third-order valence-corrected chi connectivity index (χ3v) is 5.06. The van der Waals surface area contributed by atoms with Crippen LogP contribution in [0.2, 0.25) is 0 Å². The maximum absolute atomic E-state index is 12.9. The Labute approximate surface area is 171 Å². The molecule has 1 aromatic rings. The molecule has 0 saturated carbocycles. The molecule has 2 aliphatic rings. The van der Waals surface area contributed by atoms with Crippen LogP contribution in [0.15, 0.2) is 36.4 Å². The summed E-state index contributed by atoms with van der Waals surface area (Å²) < 4.78 is 11.2. The fraction of sp³-hybridized carbons (Fsp3) is 0.522. The van der Waals surface area contributed by atoms with Crippen molar-refractivity contribution in [1.29, 1.82) is 0 Å². The fourth-order valence-electron chi connectivity index (χ4n) is 3.77. The predicted octanol–water partition coefficient (Wildman–Crippen LogP) is 3.40. The Kier molecular flexibility index (Phi) is 6.40. The molecular weight excluding hydrogens is 370 g/mol. The lowest BCUT2D eigenvalue weighted by atomic mass is 10.00. The number of hydrogen-bond acceptors (Lipinski definition) is 5. The Bertz CT molecular complexity index is 808. The molecule has 6 heteroatoms. The van der Waals surface area contributed by atoms with E-state index in [1.807, 2.05) is 36.4 Å². The normalized spacial score (nSPS) is 25.0. The van der Waals surface area contributed by atoms with Crippen molar-refractivity contribution >= 4 is 17.8 Å². The molecule has 29 heavy (non-hydrogen) atoms. The summed E-state index contributed by atoms with van der Waals surface area (Å²) in [4.78, 5) is 37.5. The van der Waals surface area contributed by atoms with Crippen molar-refractivity contribution in [3.63, 3.8) is 0 Å². The summed E-state index contributed by atoms with van der Waals surface area (Å²) in [7, 11) is 0. The van der Waals surface area contributed by atoms with E-state index in [2.05, 4.69) is 5.32 Å². The molecule has 0 aromatic heterocycles. The van der Waals surface area contributed by atoms with Gasteiger partial charge in [-0.1, -0.05) is 36.4 Å². The van der Waals surface area contributed by atoms with Gasteiger partial charge in [-0.2, -0.15) is 0 Å². The maximum atomic E-state index is 12.9. The van der Waals surface area contributed by atoms with Crippen molar-refractivity contribution in [1.82, 2.24) is 5.32 Å². The summed E-state index contributed by atoms with van der Waals surface area (Å²) >= 11 is 0. The van der Waals surface area contributed by atoms with E-state index in [-0.39, 0.29) is 18.4 Å². The van der Waals surface area contributed by atoms with E-state index in [9.17, 15) is 14.4 Å². The lowest BCUT2D eigenvalue weighted by molar-refractivity contribution is -0.164. The molecule has 3 rings (SSSR count). The van der Waals surface area contributed by atoms with Gasteiger partial charge in [0.25, 0.3) is 0 Å². The molecule has 6 nitrogen and oxygen atoms in total. The lowest BCUT2D eigenvalue weighted by Gasteiger charge is -2.25. The van der Waals surface area contributed by atoms with Crippen molar-refractivity contribution in [3.8, 4) is 0 Å². The molecule has 1 unspecified atom stereocenters. The summed E-state index contributed by atoms with van der Waals surface area (Å²) in [6.07, 6.45) is 5.07. The SMILES string of the molecule is CC(C)(C)OC(=O)C[C@@H]1CC=CCCC(=O)N[C@@H]2c3ccccc3CC2OC1=O. The highest BCUT2D eigenvalue weighted by Gasteiger charge is 2.38. The van der Waals surface area contributed by atoms with Gasteiger partial charge in [0.15, 0.2) is 0 Å². The molecule has 0 fully saturated rings. The number of rotatable bonds is 2. The quantitative estimate of drug-likeness (QED) is 0.609. The van der Waals surface area contributed by atoms with Crippen LogP contribution in [0.25, 0.3) is 0 Å². The van der Waals surface area contributed by atoms with E-state index in [1.165, 1.54) is 0 Å². The number of ether oxygens (including phenoxy) is 2. The van der Waals surface area contributed by atoms with E-state index >= 15 is 0 Å². The minimum absolute atomic E-state index is 0.0306. The van der Waals surface area contributed by atoms with Crippen molar-refractivity contribution < 1.29 is 23.9 Å². The van der Waals surface area contributed by atoms with Crippen LogP contribution in [-0.2, 0) is 30.3 Å². The standard InChI is InChI=1S/C23H29NO5/c1-23(2,3)29-20(26)14-16-10-5-4-6-12-19(25)24-21-17-11-8-7-9-15(17)13-18(21)28-22(16)27/h4-5,7-9,11,16,18,21H,6,10,12-14H2,1-3H3,(H,24,25)/t16-,18?,21+/m0/s1. The second-order valence-electron chi connectivity index (χ2n) is 8.66. The molecule has 1 N–H and O–H groups in total. The van der Waals surface area contributed by atoms with E-state index in [4.69, 9.17) is 9.47 Å². The highest BCUT2D eigenvalue weighted by atomic mass is 16.6. The molecule has 1 aliphatic heterocycles. The number of hydrogen-bond donors (Lipinski definition) is 1. The molecule has 1 aromatic carbocycles. The van der Waals surface area contributed by atoms with Gasteiger partial charge < -0.3 is 14.8 Å². The number of benzene rings is 1. The summed E-state index contributed by atoms with van der Waals surface area (Å²) in [6.45, 7) is 5.40. The van der Waals surface area contributed by atoms with Crippen LogP contribution in [0.5, 0.6) is 0 Å². The molecule has 0 radical (unpaired) electrons. The minimum Gasteiger partial charge on any atom is -0.460 e. The summed E-state index contributed by atoms with van der Waals surface area (Å²) in [6, 6.07) is 7.43. The van der Waals surface area contributed by atoms with Crippen LogP contribution in [-0.4, -0.2) is 29.6 Å². The largest absolute Gasteiger partial charge is 0.460 e. The van der Waals surface area contributed by atoms with Gasteiger partial charge in [-0.05, 0) is 44.7 Å². The fourth-order valence-corrected chi connectivity index (χ4v) is 3.77. The van der Waals surface area contributed by atoms with Crippen LogP contribution >= 0.6 is 0 Å². The molecule has 1 heterocycles. The van der Waals surface area contributed by atoms with Gasteiger partial charge in [0.1, 0.15) is 11.7 Å². The molecule has 1 amide bonds. The molecular formula is C23H29NO5. The van der Waals surface area contributed by atoms with Crippen molar-refractivity contribution in [2.75, 3.05) is 0 Å². The number of carbonyl (C=O) groups is 3. The van der Waals surface area contributed by atoms with Crippen LogP contribution in [0.3, 0.4) is 0 Å². The zero-order chi connectivity index (χ0) is 21.0. The highest BCUT2D eigenvalue weighted by molar-refractivity contribution is 5.81. The third-order valence-electron chi connectivity index (χ3n) is 5.06. The second kappa shape index (κ2) is 8.80. The molecule has 3 atom stereocenters. The van der Waals surface area contributed by atoms with E-state index < -0.39 is 29.6 Å². The first kappa shape index (κ1) is 21.1. The van der Waals surface area contributed by atoms with Crippen LogP contribution in [0, 0.1) is 5.92 Å². The van der Waals surface area contributed by atoms with Crippen molar-refractivity contribution in [2.24, 2.45) is 5.92 Å². The summed E-state index contributed by atoms with van der Waals surface area (Å²) in [5, 5.41) is 3.02. The number of esters is 2. The van der Waals surface area contributed by atoms with Gasteiger partial charge in [-0.3, -0.25) is 14.4 Å². The van der Waals surface area contributed by atoms with Gasteiger partial charge in [0.05, 0.1) is 18.4 Å². The monoisotopic (exact) mass is 399 g/mol. The first-order valence-electron chi connectivity index (χ1n) is 10.2. The Morgan fingerprint density at radius 3 is 2.72 bits per heavy atom. The number of carbonyl (C=O) groups excluding carboxylic acids is 3. The first-order valence-corrected chi connectivity index (χ1v) is 10.2. The number of amides is 1. The third kappa shape index (κ3) is 5.68. The zero-order valence-electron chi connectivity index (χ0n) is 17.3. The predicted molar refractivity (Wildman–Crippen MR) is 108 cm³/mol. The van der Waals surface area contributed by atoms with Gasteiger partial charge in [0, 0.05) is 12.8 Å². The average molecular weight is 399 g/mol. The Hall–Kier alpha value is -2.63. The second-order valence-corrected chi connectivity index (χ2v) is 8.66. The van der Waals surface area contributed by atoms with Crippen LogP contribution < -0.4 is 5.32 Å². The van der Waals surface area contributed by atoms with Crippen molar-refractivity contribution in [2.45, 2.75) is 70.6 Å². The molecule has 1 aliphatic carbocycles. The van der Waals surface area contributed by atoms with Crippen LogP contribution in [0.4, 0.5) is 0 Å². The Morgan fingerprint density at radius 1 is 1.21 bits per heavy atom. The van der Waals surface area contributed by atoms with Gasteiger partial charge in [0.2, 0.25) is 5.91 Å². The molecule has 0 spiro atoms. The lowest BCUT2D eigenvalue weighted by Crippen LogP contribution is -2.38. The van der Waals surface area contributed by atoms with Gasteiger partial charge >= 0.3 is 11.9 Å². The first-order chi connectivity index (χ1) is 13.7. The smallest absolute Gasteiger partial charge is 0.310 e. The molecule has 0 saturated heterocycles. The Morgan fingerprint density at radius 2 is 1.97 bits per heavy atom. The highest BCUT2D eigenvalue weighted by Crippen LogP contribution is 2.34. The average Bonchev–Trinajstić information content (AvgIpc) is 2.95. The van der Waals surface area contributed by atoms with Crippen molar-refractivity contribution in [3.05, 3.63) is 47.5 Å². The number of allylic oxidation sites excluding steroid dienone is 2. The van der Waals surface area contributed by atoms with E-state index in [0.717, 1.165) is 11.1 Å².